The molecule has 0 aliphatic heterocycles. The van der Waals surface area contributed by atoms with E-state index in [4.69, 9.17) is 0 Å². The van der Waals surface area contributed by atoms with Gasteiger partial charge in [-0.25, -0.2) is 4.98 Å². The average molecular weight is 165 g/mol. The molecule has 2 rings (SSSR count). The van der Waals surface area contributed by atoms with E-state index in [0.717, 1.165) is 18.8 Å². The Balaban J connectivity index is 2.20. The van der Waals surface area contributed by atoms with E-state index >= 15 is 0 Å². The summed E-state index contributed by atoms with van der Waals surface area (Å²) in [6.45, 7) is 0.854. The van der Waals surface area contributed by atoms with Gasteiger partial charge in [0.2, 0.25) is 0 Å². The van der Waals surface area contributed by atoms with Crippen LogP contribution in [0.2, 0.25) is 0 Å². The maximum Gasteiger partial charge on any atom is 0.120 e. The highest BCUT2D eigenvalue weighted by Crippen LogP contribution is 2.18. The van der Waals surface area contributed by atoms with Crippen LogP contribution >= 0.6 is 0 Å². The lowest BCUT2D eigenvalue weighted by Gasteiger charge is -2.07. The predicted molar refractivity (Wildman–Crippen MR) is 48.0 cm³/mol. The van der Waals surface area contributed by atoms with Gasteiger partial charge in [0.05, 0.1) is 12.2 Å². The minimum absolute atomic E-state index is 0.854. The molecule has 1 aliphatic carbocycles. The lowest BCUT2D eigenvalue weighted by atomic mass is 10.0. The average Bonchev–Trinajstić information content (AvgIpc) is 2.47. The minimum atomic E-state index is 0.854. The molecule has 0 radical (unpaired) electrons. The van der Waals surface area contributed by atoms with Crippen molar-refractivity contribution in [3.63, 3.8) is 0 Å². The predicted octanol–water partition coefficient (Wildman–Crippen LogP) is 1.01. The van der Waals surface area contributed by atoms with Crippen LogP contribution in [0.1, 0.15) is 30.1 Å². The SMILES string of the molecule is CNCc1nc2c([nH]1)CCCC2. The molecule has 1 aromatic rings. The van der Waals surface area contributed by atoms with E-state index in [-0.39, 0.29) is 0 Å². The summed E-state index contributed by atoms with van der Waals surface area (Å²) in [6.07, 6.45) is 4.96. The molecule has 1 heterocycles. The summed E-state index contributed by atoms with van der Waals surface area (Å²) in [4.78, 5) is 7.88. The van der Waals surface area contributed by atoms with Crippen LogP contribution in [0.3, 0.4) is 0 Å². The van der Waals surface area contributed by atoms with Crippen LogP contribution in [0, 0.1) is 0 Å². The van der Waals surface area contributed by atoms with Crippen molar-refractivity contribution in [1.29, 1.82) is 0 Å². The second kappa shape index (κ2) is 3.27. The summed E-state index contributed by atoms with van der Waals surface area (Å²) in [5.74, 6) is 1.09. The number of aryl methyl sites for hydroxylation is 2. The largest absolute Gasteiger partial charge is 0.345 e. The van der Waals surface area contributed by atoms with E-state index in [1.165, 1.54) is 30.7 Å². The van der Waals surface area contributed by atoms with Gasteiger partial charge in [-0.3, -0.25) is 0 Å². The number of aromatic nitrogens is 2. The first-order chi connectivity index (χ1) is 5.90. The number of hydrogen-bond donors (Lipinski definition) is 2. The molecule has 0 atom stereocenters. The van der Waals surface area contributed by atoms with Crippen LogP contribution in [-0.2, 0) is 19.4 Å². The van der Waals surface area contributed by atoms with Crippen LogP contribution < -0.4 is 5.32 Å². The van der Waals surface area contributed by atoms with E-state index in [1.54, 1.807) is 0 Å². The number of hydrogen-bond acceptors (Lipinski definition) is 2. The molecule has 1 aromatic heterocycles. The Morgan fingerprint density at radius 2 is 2.25 bits per heavy atom. The highest BCUT2D eigenvalue weighted by atomic mass is 15.0. The van der Waals surface area contributed by atoms with Crippen LogP contribution in [-0.4, -0.2) is 17.0 Å². The summed E-state index contributed by atoms with van der Waals surface area (Å²) < 4.78 is 0. The zero-order chi connectivity index (χ0) is 8.39. The van der Waals surface area contributed by atoms with Gasteiger partial charge in [0, 0.05) is 5.69 Å². The summed E-state index contributed by atoms with van der Waals surface area (Å²) in [7, 11) is 1.95. The monoisotopic (exact) mass is 165 g/mol. The third kappa shape index (κ3) is 1.37. The molecule has 0 unspecified atom stereocenters. The number of nitrogens with one attached hydrogen (secondary N) is 2. The second-order valence-electron chi connectivity index (χ2n) is 3.35. The lowest BCUT2D eigenvalue weighted by molar-refractivity contribution is 0.667. The second-order valence-corrected chi connectivity index (χ2v) is 3.35. The maximum atomic E-state index is 4.52. The van der Waals surface area contributed by atoms with Crippen molar-refractivity contribution >= 4 is 0 Å². The first kappa shape index (κ1) is 7.80. The zero-order valence-corrected chi connectivity index (χ0v) is 7.48. The molecule has 0 spiro atoms. The third-order valence-corrected chi connectivity index (χ3v) is 2.35. The van der Waals surface area contributed by atoms with Crippen molar-refractivity contribution in [2.75, 3.05) is 7.05 Å². The quantitative estimate of drug-likeness (QED) is 0.686. The maximum absolute atomic E-state index is 4.52. The summed E-state index contributed by atoms with van der Waals surface area (Å²) >= 11 is 0. The molecule has 66 valence electrons. The molecule has 3 nitrogen and oxygen atoms in total. The Kier molecular flexibility index (Phi) is 2.13. The van der Waals surface area contributed by atoms with Gasteiger partial charge in [-0.2, -0.15) is 0 Å². The lowest BCUT2D eigenvalue weighted by Crippen LogP contribution is -2.06. The van der Waals surface area contributed by atoms with E-state index in [2.05, 4.69) is 15.3 Å². The highest BCUT2D eigenvalue weighted by molar-refractivity contribution is 5.17. The smallest absolute Gasteiger partial charge is 0.120 e. The fourth-order valence-corrected chi connectivity index (χ4v) is 1.76. The fraction of sp³-hybridized carbons (Fsp3) is 0.667. The van der Waals surface area contributed by atoms with Gasteiger partial charge in [0.15, 0.2) is 0 Å². The molecule has 0 fully saturated rings. The van der Waals surface area contributed by atoms with Crippen molar-refractivity contribution in [2.45, 2.75) is 32.2 Å². The molecular weight excluding hydrogens is 150 g/mol. The van der Waals surface area contributed by atoms with Crippen molar-refractivity contribution < 1.29 is 0 Å². The van der Waals surface area contributed by atoms with Crippen LogP contribution in [0.25, 0.3) is 0 Å². The number of imidazole rings is 1. The highest BCUT2D eigenvalue weighted by Gasteiger charge is 2.13. The molecule has 3 heteroatoms. The van der Waals surface area contributed by atoms with Gasteiger partial charge < -0.3 is 10.3 Å². The Bertz CT molecular complexity index is 241. The van der Waals surface area contributed by atoms with Crippen LogP contribution in [0.5, 0.6) is 0 Å². The van der Waals surface area contributed by atoms with Crippen molar-refractivity contribution in [2.24, 2.45) is 0 Å². The number of aromatic amines is 1. The van der Waals surface area contributed by atoms with E-state index in [1.807, 2.05) is 7.05 Å². The molecule has 0 amide bonds. The Morgan fingerprint density at radius 3 is 3.00 bits per heavy atom. The number of rotatable bonds is 2. The normalized spacial score (nSPS) is 16.1. The van der Waals surface area contributed by atoms with Gasteiger partial charge in [-0.1, -0.05) is 0 Å². The summed E-state index contributed by atoms with van der Waals surface area (Å²) in [5.41, 5.74) is 2.66. The molecule has 2 N–H and O–H groups in total. The number of fused-ring (bicyclic) bond motifs is 1. The first-order valence-electron chi connectivity index (χ1n) is 4.61. The minimum Gasteiger partial charge on any atom is -0.345 e. The van der Waals surface area contributed by atoms with Crippen molar-refractivity contribution in [3.05, 3.63) is 17.2 Å². The van der Waals surface area contributed by atoms with Crippen molar-refractivity contribution in [1.82, 2.24) is 15.3 Å². The van der Waals surface area contributed by atoms with E-state index in [0.29, 0.717) is 0 Å². The molecule has 12 heavy (non-hydrogen) atoms. The third-order valence-electron chi connectivity index (χ3n) is 2.35. The molecule has 0 aromatic carbocycles. The number of H-pyrrole nitrogens is 1. The van der Waals surface area contributed by atoms with Crippen LogP contribution in [0.15, 0.2) is 0 Å². The molecule has 0 saturated heterocycles. The molecule has 0 bridgehead atoms. The number of nitrogens with zero attached hydrogens (tertiary/aromatic N) is 1. The van der Waals surface area contributed by atoms with Crippen molar-refractivity contribution in [3.8, 4) is 0 Å². The van der Waals surface area contributed by atoms with Gasteiger partial charge in [0.1, 0.15) is 5.82 Å². The summed E-state index contributed by atoms with van der Waals surface area (Å²) in [5, 5.41) is 3.10. The topological polar surface area (TPSA) is 40.7 Å². The Hall–Kier alpha value is -0.830. The van der Waals surface area contributed by atoms with E-state index in [9.17, 15) is 0 Å². The molecular formula is C9H15N3. The van der Waals surface area contributed by atoms with Gasteiger partial charge in [-0.05, 0) is 32.7 Å². The summed E-state index contributed by atoms with van der Waals surface area (Å²) in [6, 6.07) is 0. The zero-order valence-electron chi connectivity index (χ0n) is 7.48. The molecule has 0 saturated carbocycles. The van der Waals surface area contributed by atoms with Gasteiger partial charge >= 0.3 is 0 Å². The fourth-order valence-electron chi connectivity index (χ4n) is 1.76. The van der Waals surface area contributed by atoms with Gasteiger partial charge in [0.25, 0.3) is 0 Å². The standard InChI is InChI=1S/C9H15N3/c1-10-6-9-11-7-4-2-3-5-8(7)12-9/h10H,2-6H2,1H3,(H,11,12). The van der Waals surface area contributed by atoms with Gasteiger partial charge in [-0.15, -0.1) is 0 Å². The Labute approximate surface area is 72.6 Å². The Morgan fingerprint density at radius 1 is 1.42 bits per heavy atom. The van der Waals surface area contributed by atoms with Crippen LogP contribution in [0.4, 0.5) is 0 Å². The van der Waals surface area contributed by atoms with E-state index < -0.39 is 0 Å². The first-order valence-corrected chi connectivity index (χ1v) is 4.61. The molecule has 1 aliphatic rings.